The smallest absolute Gasteiger partial charge is 0.0789 e. The third-order valence-corrected chi connectivity index (χ3v) is 7.23. The number of allylic oxidation sites excluding steroid dienone is 3. The van der Waals surface area contributed by atoms with Crippen molar-refractivity contribution >= 4 is 12.6 Å². The van der Waals surface area contributed by atoms with E-state index in [1.54, 1.807) is 5.57 Å². The van der Waals surface area contributed by atoms with Gasteiger partial charge in [-0.2, -0.15) is 0 Å². The van der Waals surface area contributed by atoms with Crippen molar-refractivity contribution in [2.75, 3.05) is 0 Å². The van der Waals surface area contributed by atoms with E-state index < -0.39 is 0 Å². The first kappa shape index (κ1) is 28.5. The predicted octanol–water partition coefficient (Wildman–Crippen LogP) is 8.90. The Morgan fingerprint density at radius 3 is 2.34 bits per heavy atom. The molecule has 1 aliphatic carbocycles. The van der Waals surface area contributed by atoms with Crippen LogP contribution in [0.4, 0.5) is 0 Å². The van der Waals surface area contributed by atoms with Crippen molar-refractivity contribution < 1.29 is 5.11 Å². The second-order valence-corrected chi connectivity index (χ2v) is 9.86. The molecule has 0 radical (unpaired) electrons. The van der Waals surface area contributed by atoms with Crippen LogP contribution in [0.5, 0.6) is 0 Å². The largest absolute Gasteiger partial charge is 0.388 e. The summed E-state index contributed by atoms with van der Waals surface area (Å²) in [7, 11) is 0. The van der Waals surface area contributed by atoms with Crippen LogP contribution in [0.1, 0.15) is 113 Å². The van der Waals surface area contributed by atoms with Crippen molar-refractivity contribution in [2.24, 2.45) is 17.8 Å². The average Bonchev–Trinajstić information content (AvgIpc) is 2.66. The fraction of sp³-hybridized carbons (Fsp3) is 0.778. The van der Waals surface area contributed by atoms with Gasteiger partial charge in [-0.1, -0.05) is 90.5 Å². The van der Waals surface area contributed by atoms with Gasteiger partial charge in [-0.15, -0.1) is 12.6 Å². The van der Waals surface area contributed by atoms with E-state index in [2.05, 4.69) is 47.6 Å². The van der Waals surface area contributed by atoms with Crippen LogP contribution in [0.15, 0.2) is 33.8 Å². The Balaban J connectivity index is 0.00000784. The molecule has 4 atom stereocenters. The van der Waals surface area contributed by atoms with Crippen LogP contribution in [0.2, 0.25) is 0 Å². The zero-order valence-corrected chi connectivity index (χ0v) is 20.3. The fourth-order valence-corrected chi connectivity index (χ4v) is 4.47. The minimum Gasteiger partial charge on any atom is -0.388 e. The minimum atomic E-state index is -0.345. The number of unbranched alkanes of at least 4 members (excludes halogenated alkanes) is 1. The van der Waals surface area contributed by atoms with Crippen LogP contribution < -0.4 is 0 Å². The molecule has 170 valence electrons. The molecule has 1 rings (SSSR count). The van der Waals surface area contributed by atoms with Crippen molar-refractivity contribution in [2.45, 2.75) is 119 Å². The molecule has 4 unspecified atom stereocenters. The molecule has 0 aromatic carbocycles. The van der Waals surface area contributed by atoms with Gasteiger partial charge in [-0.25, -0.2) is 0 Å². The highest BCUT2D eigenvalue weighted by atomic mass is 32.1. The van der Waals surface area contributed by atoms with Gasteiger partial charge in [0.2, 0.25) is 0 Å². The molecular formula is C27H50OS. The van der Waals surface area contributed by atoms with Crippen LogP contribution in [-0.2, 0) is 0 Å². The van der Waals surface area contributed by atoms with Gasteiger partial charge >= 0.3 is 0 Å². The van der Waals surface area contributed by atoms with Gasteiger partial charge in [0.1, 0.15) is 0 Å². The summed E-state index contributed by atoms with van der Waals surface area (Å²) in [5.41, 5.74) is 4.06. The average molecular weight is 423 g/mol. The van der Waals surface area contributed by atoms with E-state index in [4.69, 9.17) is 12.6 Å². The van der Waals surface area contributed by atoms with Crippen LogP contribution in [0, 0.1) is 17.8 Å². The van der Waals surface area contributed by atoms with Gasteiger partial charge < -0.3 is 5.11 Å². The van der Waals surface area contributed by atoms with E-state index in [1.807, 2.05) is 6.08 Å². The minimum absolute atomic E-state index is 0. The van der Waals surface area contributed by atoms with Gasteiger partial charge in [0.15, 0.2) is 0 Å². The molecule has 0 saturated carbocycles. The van der Waals surface area contributed by atoms with Crippen molar-refractivity contribution in [3.8, 4) is 0 Å². The number of hydrogen-bond donors (Lipinski definition) is 2. The molecule has 0 heterocycles. The highest BCUT2D eigenvalue weighted by Gasteiger charge is 2.23. The maximum absolute atomic E-state index is 10.2. The Morgan fingerprint density at radius 1 is 1.14 bits per heavy atom. The van der Waals surface area contributed by atoms with E-state index in [0.717, 1.165) is 23.2 Å². The highest BCUT2D eigenvalue weighted by Crippen LogP contribution is 2.35. The second kappa shape index (κ2) is 15.3. The Morgan fingerprint density at radius 2 is 1.72 bits per heavy atom. The second-order valence-electron chi connectivity index (χ2n) is 9.41. The molecule has 2 heteroatoms. The standard InChI is InChI=1S/C26H46OS.CH4/c1-7-8-11-19(2)12-9-13-20(3)14-10-15-21(4)16-17-24-18-25(27)22(5)23(6)26(24)28;/h11,18,20-22,25,27-28H,7-10,12-17H2,1-6H3;1H4/b19-11+;. The Bertz CT molecular complexity index is 543. The molecular weight excluding hydrogens is 372 g/mol. The summed E-state index contributed by atoms with van der Waals surface area (Å²) < 4.78 is 0. The lowest BCUT2D eigenvalue weighted by atomic mass is 9.85. The Hall–Kier alpha value is -0.470. The van der Waals surface area contributed by atoms with Gasteiger partial charge in [-0.05, 0) is 63.4 Å². The summed E-state index contributed by atoms with van der Waals surface area (Å²) in [6, 6.07) is 0. The molecule has 0 bridgehead atoms. The lowest BCUT2D eigenvalue weighted by molar-refractivity contribution is 0.176. The SMILES string of the molecule is C.CCC/C=C(\C)CCCC(C)CCCC(C)CCC1=CC(O)C(C)C(C)=C1S. The molecule has 0 aromatic heterocycles. The van der Waals surface area contributed by atoms with E-state index in [-0.39, 0.29) is 19.4 Å². The molecule has 1 N–H and O–H groups in total. The number of aliphatic hydroxyl groups excluding tert-OH is 1. The third-order valence-electron chi connectivity index (χ3n) is 6.59. The molecule has 1 aliphatic rings. The molecule has 0 aliphatic heterocycles. The molecule has 0 fully saturated rings. The maximum atomic E-state index is 10.2. The van der Waals surface area contributed by atoms with Crippen molar-refractivity contribution in [3.63, 3.8) is 0 Å². The first-order valence-electron chi connectivity index (χ1n) is 11.7. The first-order valence-corrected chi connectivity index (χ1v) is 12.1. The first-order chi connectivity index (χ1) is 13.3. The number of rotatable bonds is 13. The third kappa shape index (κ3) is 10.9. The molecule has 0 aromatic rings. The van der Waals surface area contributed by atoms with E-state index in [1.165, 1.54) is 68.9 Å². The monoisotopic (exact) mass is 422 g/mol. The molecule has 1 nitrogen and oxygen atoms in total. The van der Waals surface area contributed by atoms with E-state index in [9.17, 15) is 5.11 Å². The zero-order valence-electron chi connectivity index (χ0n) is 19.4. The summed E-state index contributed by atoms with van der Waals surface area (Å²) in [5, 5.41) is 10.2. The van der Waals surface area contributed by atoms with Crippen LogP contribution in [0.25, 0.3) is 0 Å². The predicted molar refractivity (Wildman–Crippen MR) is 136 cm³/mol. The van der Waals surface area contributed by atoms with Crippen molar-refractivity contribution in [1.29, 1.82) is 0 Å². The zero-order chi connectivity index (χ0) is 21.1. The Labute approximate surface area is 188 Å². The van der Waals surface area contributed by atoms with E-state index in [0.29, 0.717) is 0 Å². The normalized spacial score (nSPS) is 22.2. The molecule has 0 amide bonds. The summed E-state index contributed by atoms with van der Waals surface area (Å²) in [6.07, 6.45) is 16.8. The summed E-state index contributed by atoms with van der Waals surface area (Å²) in [4.78, 5) is 1.11. The number of hydrogen-bond acceptors (Lipinski definition) is 2. The quantitative estimate of drug-likeness (QED) is 0.224. The lowest BCUT2D eigenvalue weighted by Crippen LogP contribution is -2.21. The van der Waals surface area contributed by atoms with Gasteiger partial charge in [0, 0.05) is 10.8 Å². The summed E-state index contributed by atoms with van der Waals surface area (Å²) >= 11 is 4.71. The lowest BCUT2D eigenvalue weighted by Gasteiger charge is -2.27. The van der Waals surface area contributed by atoms with Gasteiger partial charge in [0.05, 0.1) is 6.10 Å². The van der Waals surface area contributed by atoms with Gasteiger partial charge in [-0.3, -0.25) is 0 Å². The topological polar surface area (TPSA) is 20.2 Å². The molecule has 29 heavy (non-hydrogen) atoms. The summed E-state index contributed by atoms with van der Waals surface area (Å²) in [6.45, 7) is 13.5. The van der Waals surface area contributed by atoms with Gasteiger partial charge in [0.25, 0.3) is 0 Å². The van der Waals surface area contributed by atoms with Crippen molar-refractivity contribution in [1.82, 2.24) is 0 Å². The maximum Gasteiger partial charge on any atom is 0.0789 e. The van der Waals surface area contributed by atoms with Crippen LogP contribution in [-0.4, -0.2) is 11.2 Å². The number of thiol groups is 1. The van der Waals surface area contributed by atoms with E-state index >= 15 is 0 Å². The Kier molecular flexibility index (Phi) is 15.1. The number of aliphatic hydroxyl groups is 1. The van der Waals surface area contributed by atoms with Crippen LogP contribution >= 0.6 is 12.6 Å². The fourth-order valence-electron chi connectivity index (χ4n) is 4.08. The summed E-state index contributed by atoms with van der Waals surface area (Å²) in [5.74, 6) is 1.78. The molecule has 0 spiro atoms. The molecule has 0 saturated heterocycles. The van der Waals surface area contributed by atoms with Crippen molar-refractivity contribution in [3.05, 3.63) is 33.8 Å². The highest BCUT2D eigenvalue weighted by molar-refractivity contribution is 7.84. The van der Waals surface area contributed by atoms with Crippen LogP contribution in [0.3, 0.4) is 0 Å².